The standard InChI is InChI=1S/C23H26N2O/c1-18(23(26)20-12-6-3-7-13-20)24-17-15-21(19-10-4-2-5-11-19)22-14-8-9-16-25-22/h2-14,16,18,21,23-24,26H,15,17H2,1H3. The van der Waals surface area contributed by atoms with Crippen LogP contribution in [0.2, 0.25) is 0 Å². The largest absolute Gasteiger partial charge is 0.387 e. The maximum absolute atomic E-state index is 10.5. The number of pyridine rings is 1. The molecule has 0 aliphatic carbocycles. The summed E-state index contributed by atoms with van der Waals surface area (Å²) in [5.74, 6) is 0.242. The SMILES string of the molecule is CC(NCCC(c1ccccc1)c1ccccn1)C(O)c1ccccc1. The van der Waals surface area contributed by atoms with E-state index in [4.69, 9.17) is 0 Å². The summed E-state index contributed by atoms with van der Waals surface area (Å²) in [6.07, 6.45) is 2.26. The minimum atomic E-state index is -0.513. The summed E-state index contributed by atoms with van der Waals surface area (Å²) < 4.78 is 0. The molecule has 3 rings (SSSR count). The van der Waals surface area contributed by atoms with E-state index in [0.29, 0.717) is 0 Å². The van der Waals surface area contributed by atoms with E-state index in [-0.39, 0.29) is 12.0 Å². The molecule has 0 radical (unpaired) electrons. The van der Waals surface area contributed by atoms with E-state index in [0.717, 1.165) is 24.2 Å². The molecule has 1 heterocycles. The van der Waals surface area contributed by atoms with E-state index in [1.807, 2.05) is 61.7 Å². The summed E-state index contributed by atoms with van der Waals surface area (Å²) in [6.45, 7) is 2.83. The van der Waals surface area contributed by atoms with E-state index >= 15 is 0 Å². The van der Waals surface area contributed by atoms with Crippen LogP contribution in [0.15, 0.2) is 85.1 Å². The molecule has 134 valence electrons. The molecule has 2 aromatic carbocycles. The first-order valence-corrected chi connectivity index (χ1v) is 9.18. The summed E-state index contributed by atoms with van der Waals surface area (Å²) in [7, 11) is 0. The van der Waals surface area contributed by atoms with E-state index in [2.05, 4.69) is 40.6 Å². The lowest BCUT2D eigenvalue weighted by Gasteiger charge is -2.23. The molecule has 0 saturated carbocycles. The topological polar surface area (TPSA) is 45.2 Å². The second-order valence-corrected chi connectivity index (χ2v) is 6.60. The minimum Gasteiger partial charge on any atom is -0.387 e. The van der Waals surface area contributed by atoms with Gasteiger partial charge in [-0.1, -0.05) is 66.7 Å². The van der Waals surface area contributed by atoms with Crippen molar-refractivity contribution in [3.63, 3.8) is 0 Å². The second kappa shape index (κ2) is 9.27. The molecule has 3 aromatic rings. The van der Waals surface area contributed by atoms with Crippen molar-refractivity contribution in [3.05, 3.63) is 102 Å². The fraction of sp³-hybridized carbons (Fsp3) is 0.261. The van der Waals surface area contributed by atoms with Gasteiger partial charge in [0.2, 0.25) is 0 Å². The van der Waals surface area contributed by atoms with Gasteiger partial charge in [-0.2, -0.15) is 0 Å². The van der Waals surface area contributed by atoms with Crippen molar-refractivity contribution in [2.75, 3.05) is 6.54 Å². The summed E-state index contributed by atoms with van der Waals surface area (Å²) in [6, 6.07) is 26.3. The molecule has 0 bridgehead atoms. The molecule has 3 nitrogen and oxygen atoms in total. The van der Waals surface area contributed by atoms with Crippen molar-refractivity contribution in [2.45, 2.75) is 31.4 Å². The monoisotopic (exact) mass is 346 g/mol. The lowest BCUT2D eigenvalue weighted by atomic mass is 9.92. The molecule has 3 heteroatoms. The van der Waals surface area contributed by atoms with Gasteiger partial charge < -0.3 is 10.4 Å². The molecule has 26 heavy (non-hydrogen) atoms. The van der Waals surface area contributed by atoms with Crippen LogP contribution in [0, 0.1) is 0 Å². The van der Waals surface area contributed by atoms with Crippen LogP contribution >= 0.6 is 0 Å². The highest BCUT2D eigenvalue weighted by atomic mass is 16.3. The van der Waals surface area contributed by atoms with Gasteiger partial charge >= 0.3 is 0 Å². The Labute approximate surface area is 155 Å². The molecule has 0 aliphatic heterocycles. The number of benzene rings is 2. The Morgan fingerprint density at radius 1 is 0.846 bits per heavy atom. The number of aliphatic hydroxyl groups is 1. The predicted octanol–water partition coefficient (Wildman–Crippen LogP) is 4.32. The number of rotatable bonds is 8. The molecule has 3 unspecified atom stereocenters. The smallest absolute Gasteiger partial charge is 0.0940 e. The Hall–Kier alpha value is -2.49. The van der Waals surface area contributed by atoms with Gasteiger partial charge in [0.15, 0.2) is 0 Å². The van der Waals surface area contributed by atoms with Crippen LogP contribution in [-0.2, 0) is 0 Å². The molecule has 0 spiro atoms. The van der Waals surface area contributed by atoms with Crippen LogP contribution in [0.3, 0.4) is 0 Å². The van der Waals surface area contributed by atoms with Gasteiger partial charge in [0.1, 0.15) is 0 Å². The normalized spacial score (nSPS) is 14.5. The summed E-state index contributed by atoms with van der Waals surface area (Å²) in [5, 5.41) is 14.0. The zero-order valence-corrected chi connectivity index (χ0v) is 15.1. The van der Waals surface area contributed by atoms with Crippen molar-refractivity contribution < 1.29 is 5.11 Å². The highest BCUT2D eigenvalue weighted by Crippen LogP contribution is 2.26. The van der Waals surface area contributed by atoms with Gasteiger partial charge in [-0.05, 0) is 43.1 Å². The quantitative estimate of drug-likeness (QED) is 0.639. The molecular formula is C23H26N2O. The fourth-order valence-corrected chi connectivity index (χ4v) is 3.26. The lowest BCUT2D eigenvalue weighted by Crippen LogP contribution is -2.33. The maximum Gasteiger partial charge on any atom is 0.0940 e. The molecule has 1 aromatic heterocycles. The van der Waals surface area contributed by atoms with Gasteiger partial charge in [-0.15, -0.1) is 0 Å². The van der Waals surface area contributed by atoms with Crippen molar-refractivity contribution in [1.29, 1.82) is 0 Å². The van der Waals surface area contributed by atoms with Gasteiger partial charge in [-0.3, -0.25) is 4.98 Å². The highest BCUT2D eigenvalue weighted by molar-refractivity contribution is 5.28. The van der Waals surface area contributed by atoms with Gasteiger partial charge in [0, 0.05) is 23.9 Å². The van der Waals surface area contributed by atoms with Crippen LogP contribution in [0.4, 0.5) is 0 Å². The van der Waals surface area contributed by atoms with Gasteiger partial charge in [-0.25, -0.2) is 0 Å². The number of hydrogen-bond acceptors (Lipinski definition) is 3. The molecule has 0 amide bonds. The number of nitrogens with one attached hydrogen (secondary N) is 1. The Morgan fingerprint density at radius 3 is 2.08 bits per heavy atom. The lowest BCUT2D eigenvalue weighted by molar-refractivity contribution is 0.136. The number of nitrogens with zero attached hydrogens (tertiary/aromatic N) is 1. The molecular weight excluding hydrogens is 320 g/mol. The summed E-state index contributed by atoms with van der Waals surface area (Å²) in [4.78, 5) is 4.56. The Kier molecular flexibility index (Phi) is 6.53. The number of aliphatic hydroxyl groups excluding tert-OH is 1. The first-order valence-electron chi connectivity index (χ1n) is 9.18. The van der Waals surface area contributed by atoms with Crippen LogP contribution in [-0.4, -0.2) is 22.7 Å². The number of hydrogen-bond donors (Lipinski definition) is 2. The Morgan fingerprint density at radius 2 is 1.46 bits per heavy atom. The van der Waals surface area contributed by atoms with Crippen molar-refractivity contribution in [1.82, 2.24) is 10.3 Å². The van der Waals surface area contributed by atoms with Crippen molar-refractivity contribution in [3.8, 4) is 0 Å². The van der Waals surface area contributed by atoms with E-state index in [1.54, 1.807) is 0 Å². The van der Waals surface area contributed by atoms with E-state index in [9.17, 15) is 5.11 Å². The Balaban J connectivity index is 1.63. The predicted molar refractivity (Wildman–Crippen MR) is 106 cm³/mol. The first-order chi connectivity index (χ1) is 12.8. The van der Waals surface area contributed by atoms with Gasteiger partial charge in [0.05, 0.1) is 6.10 Å². The Bertz CT molecular complexity index is 722. The third-order valence-electron chi connectivity index (χ3n) is 4.76. The van der Waals surface area contributed by atoms with Crippen molar-refractivity contribution >= 4 is 0 Å². The molecule has 0 fully saturated rings. The zero-order valence-electron chi connectivity index (χ0n) is 15.1. The minimum absolute atomic E-state index is 0.0162. The molecule has 2 N–H and O–H groups in total. The van der Waals surface area contributed by atoms with Crippen LogP contribution in [0.1, 0.15) is 42.2 Å². The maximum atomic E-state index is 10.5. The summed E-state index contributed by atoms with van der Waals surface area (Å²) in [5.41, 5.74) is 3.29. The van der Waals surface area contributed by atoms with Crippen LogP contribution in [0.5, 0.6) is 0 Å². The highest BCUT2D eigenvalue weighted by Gasteiger charge is 2.18. The van der Waals surface area contributed by atoms with Crippen molar-refractivity contribution in [2.24, 2.45) is 0 Å². The average molecular weight is 346 g/mol. The summed E-state index contributed by atoms with van der Waals surface area (Å²) >= 11 is 0. The number of aromatic nitrogens is 1. The van der Waals surface area contributed by atoms with E-state index in [1.165, 1.54) is 5.56 Å². The molecule has 0 aliphatic rings. The molecule has 3 atom stereocenters. The first kappa shape index (κ1) is 18.3. The van der Waals surface area contributed by atoms with E-state index < -0.39 is 6.10 Å². The third-order valence-corrected chi connectivity index (χ3v) is 4.76. The van der Waals surface area contributed by atoms with Gasteiger partial charge in [0.25, 0.3) is 0 Å². The van der Waals surface area contributed by atoms with Crippen LogP contribution in [0.25, 0.3) is 0 Å². The third kappa shape index (κ3) is 4.78. The van der Waals surface area contributed by atoms with Crippen LogP contribution < -0.4 is 5.32 Å². The fourth-order valence-electron chi connectivity index (χ4n) is 3.26. The average Bonchev–Trinajstić information content (AvgIpc) is 2.72. The zero-order chi connectivity index (χ0) is 18.2. The second-order valence-electron chi connectivity index (χ2n) is 6.60. The molecule has 0 saturated heterocycles.